The van der Waals surface area contributed by atoms with Crippen LogP contribution in [0.4, 0.5) is 11.4 Å². The van der Waals surface area contributed by atoms with Crippen LogP contribution >= 0.6 is 0 Å². The van der Waals surface area contributed by atoms with Crippen LogP contribution in [0.2, 0.25) is 0 Å². The van der Waals surface area contributed by atoms with Crippen molar-refractivity contribution >= 4 is 23.2 Å². The molecule has 0 aliphatic carbocycles. The summed E-state index contributed by atoms with van der Waals surface area (Å²) in [4.78, 5) is 24.6. The van der Waals surface area contributed by atoms with Gasteiger partial charge in [0.2, 0.25) is 5.91 Å². The molecule has 0 fully saturated rings. The van der Waals surface area contributed by atoms with E-state index in [9.17, 15) is 9.59 Å². The highest BCUT2D eigenvalue weighted by Crippen LogP contribution is 2.17. The molecule has 0 spiro atoms. The average molecular weight is 407 g/mol. The molecule has 1 heterocycles. The Morgan fingerprint density at radius 1 is 0.967 bits per heavy atom. The molecule has 0 bridgehead atoms. The smallest absolute Gasteiger partial charge is 0.279 e. The minimum atomic E-state index is -0.127. The SMILES string of the molecule is CC(=O)Nc1ccc(NC(=O)C[NH+](C)Cc2c(C)nn(-c3ccccc3)c2C)cc1. The van der Waals surface area contributed by atoms with E-state index in [1.54, 1.807) is 24.3 Å². The minimum absolute atomic E-state index is 0.0643. The monoisotopic (exact) mass is 406 g/mol. The first-order chi connectivity index (χ1) is 14.3. The highest BCUT2D eigenvalue weighted by atomic mass is 16.2. The van der Waals surface area contributed by atoms with E-state index in [1.807, 2.05) is 49.0 Å². The van der Waals surface area contributed by atoms with Gasteiger partial charge in [-0.15, -0.1) is 0 Å². The number of aromatic nitrogens is 2. The first kappa shape index (κ1) is 21.3. The van der Waals surface area contributed by atoms with Gasteiger partial charge in [-0.1, -0.05) is 18.2 Å². The molecule has 2 amide bonds. The van der Waals surface area contributed by atoms with Crippen molar-refractivity contribution in [3.05, 3.63) is 71.5 Å². The summed E-state index contributed by atoms with van der Waals surface area (Å²) >= 11 is 0. The summed E-state index contributed by atoms with van der Waals surface area (Å²) in [6.45, 7) is 6.57. The second kappa shape index (κ2) is 9.37. The fourth-order valence-corrected chi connectivity index (χ4v) is 3.44. The van der Waals surface area contributed by atoms with Crippen LogP contribution in [0.3, 0.4) is 0 Å². The van der Waals surface area contributed by atoms with Crippen molar-refractivity contribution in [3.8, 4) is 5.69 Å². The number of hydrogen-bond donors (Lipinski definition) is 3. The van der Waals surface area contributed by atoms with E-state index in [0.29, 0.717) is 24.5 Å². The minimum Gasteiger partial charge on any atom is -0.326 e. The molecule has 1 aromatic heterocycles. The van der Waals surface area contributed by atoms with Gasteiger partial charge >= 0.3 is 0 Å². The van der Waals surface area contributed by atoms with E-state index in [4.69, 9.17) is 0 Å². The highest BCUT2D eigenvalue weighted by Gasteiger charge is 2.18. The third-order valence-corrected chi connectivity index (χ3v) is 4.87. The zero-order valence-corrected chi connectivity index (χ0v) is 17.8. The van der Waals surface area contributed by atoms with Crippen molar-refractivity contribution in [2.45, 2.75) is 27.3 Å². The lowest BCUT2D eigenvalue weighted by Crippen LogP contribution is -3.08. The third kappa shape index (κ3) is 5.33. The van der Waals surface area contributed by atoms with Crippen LogP contribution in [0, 0.1) is 13.8 Å². The molecule has 3 N–H and O–H groups in total. The largest absolute Gasteiger partial charge is 0.326 e. The molecular formula is C23H28N5O2+. The van der Waals surface area contributed by atoms with Crippen molar-refractivity contribution in [3.63, 3.8) is 0 Å². The number of benzene rings is 2. The van der Waals surface area contributed by atoms with Crippen LogP contribution < -0.4 is 15.5 Å². The molecule has 1 atom stereocenters. The summed E-state index contributed by atoms with van der Waals surface area (Å²) < 4.78 is 1.95. The summed E-state index contributed by atoms with van der Waals surface area (Å²) in [5.41, 5.74) is 5.65. The number of hydrogen-bond acceptors (Lipinski definition) is 3. The highest BCUT2D eigenvalue weighted by molar-refractivity contribution is 5.92. The molecular weight excluding hydrogens is 378 g/mol. The lowest BCUT2D eigenvalue weighted by molar-refractivity contribution is -0.885. The maximum absolute atomic E-state index is 12.4. The van der Waals surface area contributed by atoms with Crippen LogP contribution in [0.1, 0.15) is 23.9 Å². The number of aryl methyl sites for hydroxylation is 1. The standard InChI is InChI=1S/C23H27N5O2/c1-16-22(17(2)28(26-16)21-8-6-5-7-9-21)14-27(4)15-23(30)25-20-12-10-19(11-13-20)24-18(3)29/h5-13H,14-15H2,1-4H3,(H,24,29)(H,25,30)/p+1. The Bertz CT molecular complexity index is 1030. The normalized spacial score (nSPS) is 11.7. The molecule has 156 valence electrons. The van der Waals surface area contributed by atoms with Gasteiger partial charge in [-0.2, -0.15) is 5.10 Å². The fraction of sp³-hybridized carbons (Fsp3) is 0.261. The van der Waals surface area contributed by atoms with Crippen molar-refractivity contribution in [2.24, 2.45) is 0 Å². The number of carbonyl (C=O) groups excluding carboxylic acids is 2. The molecule has 1 unspecified atom stereocenters. The number of quaternary nitrogens is 1. The Hall–Kier alpha value is -3.45. The van der Waals surface area contributed by atoms with Gasteiger partial charge in [0.25, 0.3) is 5.91 Å². The van der Waals surface area contributed by atoms with Crippen molar-refractivity contribution < 1.29 is 14.5 Å². The molecule has 0 aliphatic heterocycles. The van der Waals surface area contributed by atoms with Crippen LogP contribution in [0.25, 0.3) is 5.69 Å². The number of rotatable bonds is 7. The maximum Gasteiger partial charge on any atom is 0.279 e. The van der Waals surface area contributed by atoms with Crippen LogP contribution in [-0.2, 0) is 16.1 Å². The van der Waals surface area contributed by atoms with E-state index < -0.39 is 0 Å². The van der Waals surface area contributed by atoms with E-state index in [-0.39, 0.29) is 11.8 Å². The molecule has 2 aromatic carbocycles. The molecule has 0 aliphatic rings. The van der Waals surface area contributed by atoms with Gasteiger partial charge in [-0.3, -0.25) is 9.59 Å². The number of anilines is 2. The maximum atomic E-state index is 12.4. The van der Waals surface area contributed by atoms with Crippen molar-refractivity contribution in [2.75, 3.05) is 24.2 Å². The van der Waals surface area contributed by atoms with Crippen molar-refractivity contribution in [1.82, 2.24) is 9.78 Å². The summed E-state index contributed by atoms with van der Waals surface area (Å²) in [7, 11) is 2.00. The van der Waals surface area contributed by atoms with Gasteiger partial charge in [-0.05, 0) is 50.2 Å². The fourth-order valence-electron chi connectivity index (χ4n) is 3.44. The molecule has 30 heavy (non-hydrogen) atoms. The zero-order chi connectivity index (χ0) is 21.7. The predicted molar refractivity (Wildman–Crippen MR) is 118 cm³/mol. The first-order valence-electron chi connectivity index (χ1n) is 9.93. The molecule has 7 heteroatoms. The number of likely N-dealkylation sites (N-methyl/N-ethyl adjacent to an activating group) is 1. The molecule has 3 rings (SSSR count). The Kier molecular flexibility index (Phi) is 6.64. The number of carbonyl (C=O) groups is 2. The molecule has 0 saturated heterocycles. The topological polar surface area (TPSA) is 80.5 Å². The van der Waals surface area contributed by atoms with Gasteiger partial charge in [0.05, 0.1) is 29.7 Å². The number of para-hydroxylation sites is 1. The molecule has 0 saturated carbocycles. The summed E-state index contributed by atoms with van der Waals surface area (Å²) in [6.07, 6.45) is 0. The Labute approximate surface area is 176 Å². The van der Waals surface area contributed by atoms with E-state index in [0.717, 1.165) is 27.5 Å². The van der Waals surface area contributed by atoms with Crippen LogP contribution in [0.5, 0.6) is 0 Å². The summed E-state index contributed by atoms with van der Waals surface area (Å²) in [5, 5.41) is 10.3. The third-order valence-electron chi connectivity index (χ3n) is 4.87. The van der Waals surface area contributed by atoms with E-state index in [2.05, 4.69) is 22.7 Å². The second-order valence-corrected chi connectivity index (χ2v) is 7.51. The first-order valence-corrected chi connectivity index (χ1v) is 9.93. The van der Waals surface area contributed by atoms with E-state index in [1.165, 1.54) is 6.92 Å². The van der Waals surface area contributed by atoms with Crippen molar-refractivity contribution in [1.29, 1.82) is 0 Å². The zero-order valence-electron chi connectivity index (χ0n) is 17.8. The second-order valence-electron chi connectivity index (χ2n) is 7.51. The lowest BCUT2D eigenvalue weighted by atomic mass is 10.2. The summed E-state index contributed by atoms with van der Waals surface area (Å²) in [6, 6.07) is 17.1. The molecule has 7 nitrogen and oxygen atoms in total. The molecule has 0 radical (unpaired) electrons. The van der Waals surface area contributed by atoms with Crippen LogP contribution in [0.15, 0.2) is 54.6 Å². The van der Waals surface area contributed by atoms with Crippen LogP contribution in [-0.4, -0.2) is 35.2 Å². The predicted octanol–water partition coefficient (Wildman–Crippen LogP) is 2.10. The van der Waals surface area contributed by atoms with Gasteiger partial charge in [0, 0.05) is 18.3 Å². The number of amides is 2. The van der Waals surface area contributed by atoms with Gasteiger partial charge < -0.3 is 15.5 Å². The molecule has 3 aromatic rings. The number of nitrogens with one attached hydrogen (secondary N) is 3. The average Bonchev–Trinajstić information content (AvgIpc) is 2.98. The van der Waals surface area contributed by atoms with Gasteiger partial charge in [0.15, 0.2) is 6.54 Å². The van der Waals surface area contributed by atoms with E-state index >= 15 is 0 Å². The Morgan fingerprint density at radius 3 is 2.17 bits per heavy atom. The quantitative estimate of drug-likeness (QED) is 0.562. The number of nitrogens with zero attached hydrogens (tertiary/aromatic N) is 2. The van der Waals surface area contributed by atoms with Gasteiger partial charge in [-0.25, -0.2) is 4.68 Å². The lowest BCUT2D eigenvalue weighted by Gasteiger charge is -2.14. The Morgan fingerprint density at radius 2 is 1.57 bits per heavy atom. The van der Waals surface area contributed by atoms with Gasteiger partial charge in [0.1, 0.15) is 6.54 Å². The summed E-state index contributed by atoms with van der Waals surface area (Å²) in [5.74, 6) is -0.191. The Balaban J connectivity index is 1.60.